The average molecular weight is 933 g/mol. The van der Waals surface area contributed by atoms with Gasteiger partial charge in [-0.25, -0.2) is 9.97 Å². The molecule has 72 heavy (non-hydrogen) atoms. The van der Waals surface area contributed by atoms with Crippen LogP contribution in [0.25, 0.3) is 142 Å². The van der Waals surface area contributed by atoms with Crippen molar-refractivity contribution in [3.8, 4) is 56.4 Å². The Morgan fingerprint density at radius 2 is 1.01 bits per heavy atom. The summed E-state index contributed by atoms with van der Waals surface area (Å²) in [5, 5.41) is 12.2. The predicted molar refractivity (Wildman–Crippen MR) is 303 cm³/mol. The summed E-state index contributed by atoms with van der Waals surface area (Å²) in [5.74, 6) is 0.689. The van der Waals surface area contributed by atoms with E-state index in [1.54, 1.807) is 0 Å². The molecule has 0 spiro atoms. The van der Waals surface area contributed by atoms with Gasteiger partial charge in [0.2, 0.25) is 0 Å². The Kier molecular flexibility index (Phi) is 8.36. The molecule has 0 amide bonds. The van der Waals surface area contributed by atoms with Crippen LogP contribution >= 0.6 is 11.3 Å². The van der Waals surface area contributed by atoms with Crippen molar-refractivity contribution in [3.05, 3.63) is 242 Å². The van der Waals surface area contributed by atoms with Gasteiger partial charge in [0.25, 0.3) is 0 Å². The Morgan fingerprint density at radius 3 is 1.82 bits per heavy atom. The summed E-state index contributed by atoms with van der Waals surface area (Å²) in [6.07, 6.45) is 0.639. The largest absolute Gasteiger partial charge is 0.309 e. The van der Waals surface area contributed by atoms with Gasteiger partial charge in [-0.1, -0.05) is 164 Å². The van der Waals surface area contributed by atoms with Gasteiger partial charge in [0.15, 0.2) is 5.82 Å². The Morgan fingerprint density at radius 1 is 0.389 bits per heavy atom. The van der Waals surface area contributed by atoms with E-state index in [1.165, 1.54) is 85.6 Å². The lowest BCUT2D eigenvalue weighted by Gasteiger charge is -2.20. The number of nitrogens with zero attached hydrogens (tertiary/aromatic N) is 4. The van der Waals surface area contributed by atoms with Gasteiger partial charge < -0.3 is 9.13 Å². The summed E-state index contributed by atoms with van der Waals surface area (Å²) >= 11 is 1.87. The number of hydrogen-bond donors (Lipinski definition) is 0. The van der Waals surface area contributed by atoms with Gasteiger partial charge in [-0.2, -0.15) is 0 Å². The number of benzene rings is 11. The average Bonchev–Trinajstić information content (AvgIpc) is 4.09. The van der Waals surface area contributed by atoms with E-state index >= 15 is 0 Å². The summed E-state index contributed by atoms with van der Waals surface area (Å²) in [5.41, 5.74) is 16.5. The minimum absolute atomic E-state index is 0.639. The Hall–Kier alpha value is -9.16. The lowest BCUT2D eigenvalue weighted by Crippen LogP contribution is -2.06. The zero-order valence-electron chi connectivity index (χ0n) is 38.8. The van der Waals surface area contributed by atoms with E-state index in [0.717, 1.165) is 61.4 Å². The summed E-state index contributed by atoms with van der Waals surface area (Å²) in [6, 6.07) is 84.7. The first-order valence-corrected chi connectivity index (χ1v) is 25.5. The fraction of sp³-hybridized carbons (Fsp3) is 0.0149. The van der Waals surface area contributed by atoms with E-state index < -0.39 is 0 Å². The molecule has 4 nitrogen and oxygen atoms in total. The highest BCUT2D eigenvalue weighted by Gasteiger charge is 2.29. The van der Waals surface area contributed by atoms with Crippen molar-refractivity contribution in [3.63, 3.8) is 0 Å². The molecule has 0 saturated heterocycles. The lowest BCUT2D eigenvalue weighted by molar-refractivity contribution is 1.09. The quantitative estimate of drug-likeness (QED) is 0.176. The number of rotatable bonds is 4. The third-order valence-electron chi connectivity index (χ3n) is 15.3. The van der Waals surface area contributed by atoms with Crippen molar-refractivity contribution < 1.29 is 0 Å². The van der Waals surface area contributed by atoms with Crippen LogP contribution in [0.4, 0.5) is 0 Å². The second-order valence-electron chi connectivity index (χ2n) is 19.3. The standard InChI is InChI=1S/C67H40N4S/c1-3-14-41(15-4-1)42-27-29-43(30-28-42)64-55-34-40-26-31-50-53-36-44-16-7-9-18-46(44)38-59(53)71(58(50)35-40)57-32-33-60-62(54-37-45-17-8-10-19-47(45)39-61(54)72-60)63(57)65(55)69-67(68-64)52-24-13-23-51-49-22-11-12-25-56(49)70(66(51)52)48-20-5-2-6-21-48/h1-33,35-39H,34H2. The summed E-state index contributed by atoms with van der Waals surface area (Å²) < 4.78 is 7.44. The molecule has 0 N–H and O–H groups in total. The van der Waals surface area contributed by atoms with Gasteiger partial charge >= 0.3 is 0 Å². The number of hydrogen-bond acceptors (Lipinski definition) is 3. The monoisotopic (exact) mass is 932 g/mol. The van der Waals surface area contributed by atoms with Gasteiger partial charge in [-0.15, -0.1) is 11.3 Å². The van der Waals surface area contributed by atoms with Gasteiger partial charge in [0.05, 0.1) is 39.1 Å². The van der Waals surface area contributed by atoms with Crippen LogP contribution in [0, 0.1) is 0 Å². The highest BCUT2D eigenvalue weighted by molar-refractivity contribution is 7.26. The molecule has 0 unspecified atom stereocenters. The summed E-state index contributed by atoms with van der Waals surface area (Å²) in [4.78, 5) is 11.9. The zero-order chi connectivity index (χ0) is 47.0. The molecule has 4 aromatic heterocycles. The van der Waals surface area contributed by atoms with Gasteiger partial charge in [-0.3, -0.25) is 0 Å². The van der Waals surface area contributed by atoms with E-state index in [1.807, 2.05) is 11.3 Å². The SMILES string of the molecule is c1ccc(-c2ccc(-c3nc(-c4cccc5c6ccccc6n(-c6ccccc6)c45)nc4c3Cc3ccc5c6cc7ccccc7cc6n(c5c3)-c3ccc5sc6cc7ccccc7cc6c5c3-4)cc2)cc1. The maximum absolute atomic E-state index is 6.06. The maximum atomic E-state index is 6.06. The van der Waals surface area contributed by atoms with Crippen molar-refractivity contribution in [2.24, 2.45) is 0 Å². The van der Waals surface area contributed by atoms with Crippen molar-refractivity contribution in [1.82, 2.24) is 19.1 Å². The molecular formula is C67H40N4S. The summed E-state index contributed by atoms with van der Waals surface area (Å²) in [6.45, 7) is 0. The van der Waals surface area contributed by atoms with Gasteiger partial charge in [0, 0.05) is 76.1 Å². The van der Waals surface area contributed by atoms with Crippen LogP contribution in [0.3, 0.4) is 0 Å². The molecule has 1 aliphatic rings. The zero-order valence-corrected chi connectivity index (χ0v) is 39.7. The van der Waals surface area contributed by atoms with Crippen LogP contribution in [0.1, 0.15) is 11.1 Å². The third-order valence-corrected chi connectivity index (χ3v) is 16.4. The van der Waals surface area contributed by atoms with Crippen molar-refractivity contribution in [1.29, 1.82) is 0 Å². The molecule has 2 bridgehead atoms. The highest BCUT2D eigenvalue weighted by Crippen LogP contribution is 2.50. The van der Waals surface area contributed by atoms with Crippen molar-refractivity contribution >= 4 is 96.7 Å². The fourth-order valence-electron chi connectivity index (χ4n) is 12.0. The molecule has 11 aromatic carbocycles. The van der Waals surface area contributed by atoms with E-state index in [2.05, 4.69) is 240 Å². The van der Waals surface area contributed by atoms with Crippen LogP contribution in [-0.4, -0.2) is 19.1 Å². The molecule has 1 aliphatic heterocycles. The molecule has 0 atom stereocenters. The lowest BCUT2D eigenvalue weighted by atomic mass is 9.91. The first-order chi connectivity index (χ1) is 35.7. The molecule has 334 valence electrons. The molecule has 0 radical (unpaired) electrons. The predicted octanol–water partition coefficient (Wildman–Crippen LogP) is 17.9. The minimum atomic E-state index is 0.639. The fourth-order valence-corrected chi connectivity index (χ4v) is 13.1. The molecule has 0 aliphatic carbocycles. The third kappa shape index (κ3) is 5.80. The minimum Gasteiger partial charge on any atom is -0.309 e. The first kappa shape index (κ1) is 39.7. The van der Waals surface area contributed by atoms with Crippen LogP contribution < -0.4 is 0 Å². The number of fused-ring (bicyclic) bond motifs is 17. The van der Waals surface area contributed by atoms with E-state index in [9.17, 15) is 0 Å². The van der Waals surface area contributed by atoms with Crippen LogP contribution in [0.5, 0.6) is 0 Å². The smallest absolute Gasteiger partial charge is 0.162 e. The Bertz CT molecular complexity index is 4750. The molecule has 5 heteroatoms. The Labute approximate surface area is 418 Å². The second kappa shape index (κ2) is 15.2. The van der Waals surface area contributed by atoms with Crippen LogP contribution in [0.2, 0.25) is 0 Å². The highest BCUT2D eigenvalue weighted by atomic mass is 32.1. The van der Waals surface area contributed by atoms with Gasteiger partial charge in [0.1, 0.15) is 0 Å². The normalized spacial score (nSPS) is 12.4. The molecule has 5 heterocycles. The number of aromatic nitrogens is 4. The Balaban J connectivity index is 1.09. The van der Waals surface area contributed by atoms with Crippen molar-refractivity contribution in [2.75, 3.05) is 0 Å². The number of thiophene rings is 1. The van der Waals surface area contributed by atoms with Crippen LogP contribution in [0.15, 0.2) is 231 Å². The molecule has 0 saturated carbocycles. The van der Waals surface area contributed by atoms with Gasteiger partial charge in [-0.05, 0) is 105 Å². The van der Waals surface area contributed by atoms with E-state index in [0.29, 0.717) is 12.2 Å². The number of para-hydroxylation sites is 3. The first-order valence-electron chi connectivity index (χ1n) is 24.7. The molecule has 0 fully saturated rings. The summed E-state index contributed by atoms with van der Waals surface area (Å²) in [7, 11) is 0. The molecule has 15 aromatic rings. The van der Waals surface area contributed by atoms with Crippen LogP contribution in [-0.2, 0) is 6.42 Å². The second-order valence-corrected chi connectivity index (χ2v) is 20.4. The molecule has 16 rings (SSSR count). The van der Waals surface area contributed by atoms with E-state index in [4.69, 9.17) is 9.97 Å². The maximum Gasteiger partial charge on any atom is 0.162 e. The van der Waals surface area contributed by atoms with Crippen molar-refractivity contribution in [2.45, 2.75) is 6.42 Å². The topological polar surface area (TPSA) is 35.6 Å². The van der Waals surface area contributed by atoms with E-state index in [-0.39, 0.29) is 0 Å². The molecular weight excluding hydrogens is 893 g/mol.